The topological polar surface area (TPSA) is 75.6 Å². The smallest absolute Gasteiger partial charge is 0.306 e. The standard InChI is InChI=1S/C12H21NO4/c1-9-8-10(6-7-13-9)17-12(16)5-3-2-4-11(14)15/h9-10,13H,2-8H2,1H3,(H,14,15). The van der Waals surface area contributed by atoms with Crippen LogP contribution < -0.4 is 5.32 Å². The summed E-state index contributed by atoms with van der Waals surface area (Å²) in [4.78, 5) is 21.7. The van der Waals surface area contributed by atoms with Crippen LogP contribution in [0.2, 0.25) is 0 Å². The van der Waals surface area contributed by atoms with E-state index in [0.29, 0.717) is 25.3 Å². The molecule has 1 saturated heterocycles. The summed E-state index contributed by atoms with van der Waals surface area (Å²) in [5.74, 6) is -1.01. The van der Waals surface area contributed by atoms with E-state index in [1.807, 2.05) is 0 Å². The third kappa shape index (κ3) is 6.26. The van der Waals surface area contributed by atoms with Crippen molar-refractivity contribution in [2.75, 3.05) is 6.54 Å². The highest BCUT2D eigenvalue weighted by atomic mass is 16.5. The zero-order valence-corrected chi connectivity index (χ0v) is 10.3. The maximum absolute atomic E-state index is 11.5. The van der Waals surface area contributed by atoms with Gasteiger partial charge < -0.3 is 15.2 Å². The molecule has 0 aromatic rings. The molecule has 0 saturated carbocycles. The highest BCUT2D eigenvalue weighted by molar-refractivity contribution is 5.70. The maximum Gasteiger partial charge on any atom is 0.306 e. The molecule has 0 aliphatic carbocycles. The Labute approximate surface area is 102 Å². The van der Waals surface area contributed by atoms with Crippen LogP contribution >= 0.6 is 0 Å². The number of aliphatic carboxylic acids is 1. The Kier molecular flexibility index (Phi) is 5.97. The predicted octanol–water partition coefficient (Wildman–Crippen LogP) is 1.32. The Morgan fingerprint density at radius 2 is 2.06 bits per heavy atom. The third-order valence-electron chi connectivity index (χ3n) is 2.90. The van der Waals surface area contributed by atoms with Crippen LogP contribution in [0.4, 0.5) is 0 Å². The van der Waals surface area contributed by atoms with Crippen molar-refractivity contribution in [3.8, 4) is 0 Å². The van der Waals surface area contributed by atoms with Gasteiger partial charge in [-0.1, -0.05) is 0 Å². The maximum atomic E-state index is 11.5. The molecule has 1 fully saturated rings. The van der Waals surface area contributed by atoms with Crippen molar-refractivity contribution in [1.82, 2.24) is 5.32 Å². The summed E-state index contributed by atoms with van der Waals surface area (Å²) >= 11 is 0. The second kappa shape index (κ2) is 7.27. The van der Waals surface area contributed by atoms with Gasteiger partial charge in [-0.05, 0) is 39.2 Å². The van der Waals surface area contributed by atoms with Gasteiger partial charge in [0, 0.05) is 18.9 Å². The molecular formula is C12H21NO4. The molecule has 2 N–H and O–H groups in total. The lowest BCUT2D eigenvalue weighted by Crippen LogP contribution is -2.40. The largest absolute Gasteiger partial charge is 0.481 e. The minimum atomic E-state index is -0.814. The van der Waals surface area contributed by atoms with Crippen LogP contribution in [-0.4, -0.2) is 35.7 Å². The molecule has 2 atom stereocenters. The van der Waals surface area contributed by atoms with E-state index >= 15 is 0 Å². The van der Waals surface area contributed by atoms with E-state index in [4.69, 9.17) is 9.84 Å². The molecular weight excluding hydrogens is 222 g/mol. The summed E-state index contributed by atoms with van der Waals surface area (Å²) in [5, 5.41) is 11.7. The molecule has 17 heavy (non-hydrogen) atoms. The van der Waals surface area contributed by atoms with Crippen molar-refractivity contribution in [2.45, 2.75) is 57.6 Å². The number of carbonyl (C=O) groups is 2. The van der Waals surface area contributed by atoms with E-state index in [9.17, 15) is 9.59 Å². The van der Waals surface area contributed by atoms with E-state index in [-0.39, 0.29) is 18.5 Å². The molecule has 1 rings (SSSR count). The molecule has 0 bridgehead atoms. The zero-order chi connectivity index (χ0) is 12.7. The number of rotatable bonds is 6. The molecule has 5 heteroatoms. The highest BCUT2D eigenvalue weighted by Gasteiger charge is 2.21. The SMILES string of the molecule is CC1CC(OC(=O)CCCCC(=O)O)CCN1. The van der Waals surface area contributed by atoms with Crippen LogP contribution in [0.15, 0.2) is 0 Å². The zero-order valence-electron chi connectivity index (χ0n) is 10.3. The fraction of sp³-hybridized carbons (Fsp3) is 0.833. The molecule has 1 heterocycles. The van der Waals surface area contributed by atoms with Gasteiger partial charge in [-0.25, -0.2) is 0 Å². The van der Waals surface area contributed by atoms with Crippen LogP contribution in [0.3, 0.4) is 0 Å². The lowest BCUT2D eigenvalue weighted by Gasteiger charge is -2.27. The van der Waals surface area contributed by atoms with Crippen molar-refractivity contribution in [3.05, 3.63) is 0 Å². The van der Waals surface area contributed by atoms with Crippen LogP contribution in [0, 0.1) is 0 Å². The minimum Gasteiger partial charge on any atom is -0.481 e. The van der Waals surface area contributed by atoms with Gasteiger partial charge in [-0.15, -0.1) is 0 Å². The van der Waals surface area contributed by atoms with Crippen molar-refractivity contribution < 1.29 is 19.4 Å². The van der Waals surface area contributed by atoms with Crippen LogP contribution in [0.1, 0.15) is 45.4 Å². The number of carbonyl (C=O) groups excluding carboxylic acids is 1. The van der Waals surface area contributed by atoms with E-state index in [1.54, 1.807) is 0 Å². The number of piperidine rings is 1. The first-order valence-electron chi connectivity index (χ1n) is 6.22. The van der Waals surface area contributed by atoms with Gasteiger partial charge in [0.05, 0.1) is 0 Å². The summed E-state index contributed by atoms with van der Waals surface area (Å²) in [5.41, 5.74) is 0. The molecule has 0 aromatic carbocycles. The van der Waals surface area contributed by atoms with E-state index < -0.39 is 5.97 Å². The van der Waals surface area contributed by atoms with E-state index in [0.717, 1.165) is 19.4 Å². The van der Waals surface area contributed by atoms with Crippen molar-refractivity contribution in [3.63, 3.8) is 0 Å². The highest BCUT2D eigenvalue weighted by Crippen LogP contribution is 2.13. The molecule has 2 unspecified atom stereocenters. The van der Waals surface area contributed by atoms with Gasteiger partial charge in [-0.2, -0.15) is 0 Å². The van der Waals surface area contributed by atoms with E-state index in [2.05, 4.69) is 12.2 Å². The van der Waals surface area contributed by atoms with Crippen LogP contribution in [0.25, 0.3) is 0 Å². The average Bonchev–Trinajstić information content (AvgIpc) is 2.24. The lowest BCUT2D eigenvalue weighted by molar-refractivity contribution is -0.151. The Morgan fingerprint density at radius 1 is 1.35 bits per heavy atom. The van der Waals surface area contributed by atoms with Gasteiger partial charge in [-0.3, -0.25) is 9.59 Å². The predicted molar refractivity (Wildman–Crippen MR) is 62.7 cm³/mol. The molecule has 0 aromatic heterocycles. The molecule has 0 radical (unpaired) electrons. The quantitative estimate of drug-likeness (QED) is 0.543. The number of unbranched alkanes of at least 4 members (excludes halogenated alkanes) is 1. The van der Waals surface area contributed by atoms with Crippen LogP contribution in [-0.2, 0) is 14.3 Å². The fourth-order valence-corrected chi connectivity index (χ4v) is 1.98. The molecule has 5 nitrogen and oxygen atoms in total. The van der Waals surface area contributed by atoms with Crippen molar-refractivity contribution >= 4 is 11.9 Å². The number of nitrogens with one attached hydrogen (secondary N) is 1. The summed E-state index contributed by atoms with van der Waals surface area (Å²) in [6.45, 7) is 2.96. The number of hydrogen-bond acceptors (Lipinski definition) is 4. The van der Waals surface area contributed by atoms with Crippen molar-refractivity contribution in [1.29, 1.82) is 0 Å². The number of carboxylic acids is 1. The number of carboxylic acid groups (broad SMARTS) is 1. The third-order valence-corrected chi connectivity index (χ3v) is 2.90. The minimum absolute atomic E-state index is 0.0261. The summed E-state index contributed by atoms with van der Waals surface area (Å²) < 4.78 is 5.34. The van der Waals surface area contributed by atoms with Gasteiger partial charge in [0.25, 0.3) is 0 Å². The first kappa shape index (κ1) is 14.0. The van der Waals surface area contributed by atoms with Gasteiger partial charge in [0.1, 0.15) is 6.10 Å². The fourth-order valence-electron chi connectivity index (χ4n) is 1.98. The van der Waals surface area contributed by atoms with Gasteiger partial charge >= 0.3 is 11.9 Å². The lowest BCUT2D eigenvalue weighted by atomic mass is 10.0. The Balaban J connectivity index is 2.09. The van der Waals surface area contributed by atoms with Gasteiger partial charge in [0.15, 0.2) is 0 Å². The first-order valence-corrected chi connectivity index (χ1v) is 6.22. The monoisotopic (exact) mass is 243 g/mol. The van der Waals surface area contributed by atoms with E-state index in [1.165, 1.54) is 0 Å². The molecule has 0 spiro atoms. The van der Waals surface area contributed by atoms with Crippen molar-refractivity contribution in [2.24, 2.45) is 0 Å². The Morgan fingerprint density at radius 3 is 2.71 bits per heavy atom. The number of hydrogen-bond donors (Lipinski definition) is 2. The molecule has 0 amide bonds. The van der Waals surface area contributed by atoms with Gasteiger partial charge in [0.2, 0.25) is 0 Å². The summed E-state index contributed by atoms with van der Waals surface area (Å²) in [6, 6.07) is 0.397. The normalized spacial score (nSPS) is 24.3. The average molecular weight is 243 g/mol. The Hall–Kier alpha value is -1.10. The molecule has 1 aliphatic rings. The van der Waals surface area contributed by atoms with Crippen LogP contribution in [0.5, 0.6) is 0 Å². The first-order chi connectivity index (χ1) is 8.08. The number of esters is 1. The second-order valence-electron chi connectivity index (χ2n) is 4.59. The summed E-state index contributed by atoms with van der Waals surface area (Å²) in [7, 11) is 0. The Bertz CT molecular complexity index is 267. The molecule has 1 aliphatic heterocycles. The second-order valence-corrected chi connectivity index (χ2v) is 4.59. The number of ether oxygens (including phenoxy) is 1. The molecule has 98 valence electrons. The summed E-state index contributed by atoms with van der Waals surface area (Å²) in [6.07, 6.45) is 3.33.